The van der Waals surface area contributed by atoms with Crippen LogP contribution in [-0.4, -0.2) is 43.2 Å². The molecule has 1 aliphatic heterocycles. The minimum absolute atomic E-state index is 0.393. The van der Waals surface area contributed by atoms with Gasteiger partial charge in [-0.15, -0.1) is 0 Å². The van der Waals surface area contributed by atoms with Crippen LogP contribution < -0.4 is 9.64 Å². The summed E-state index contributed by atoms with van der Waals surface area (Å²) in [5.41, 5.74) is 0. The molecule has 1 aliphatic rings. The maximum atomic E-state index is 5.74. The van der Waals surface area contributed by atoms with Gasteiger partial charge in [0.05, 0.1) is 19.8 Å². The Balaban J connectivity index is 1.88. The number of methoxy groups -OCH3 is 1. The van der Waals surface area contributed by atoms with Crippen molar-refractivity contribution in [2.24, 2.45) is 0 Å². The van der Waals surface area contributed by atoms with Crippen molar-refractivity contribution in [3.63, 3.8) is 0 Å². The summed E-state index contributed by atoms with van der Waals surface area (Å²) in [6.45, 7) is 2.78. The monoisotopic (exact) mass is 314 g/mol. The van der Waals surface area contributed by atoms with Crippen molar-refractivity contribution in [2.75, 3.05) is 37.0 Å². The molecule has 0 aliphatic carbocycles. The third-order valence-corrected chi connectivity index (χ3v) is 3.44. The summed E-state index contributed by atoms with van der Waals surface area (Å²) in [6.07, 6.45) is 2.52. The second-order valence-corrected chi connectivity index (χ2v) is 5.08. The first kappa shape index (κ1) is 13.6. The van der Waals surface area contributed by atoms with Crippen LogP contribution in [-0.2, 0) is 4.74 Å². The summed E-state index contributed by atoms with van der Waals surface area (Å²) in [6, 6.07) is 5.88. The van der Waals surface area contributed by atoms with E-state index in [1.807, 2.05) is 18.2 Å². The number of nitrogens with zero attached hydrogens (tertiary/aromatic N) is 2. The first-order chi connectivity index (χ1) is 8.83. The van der Waals surface area contributed by atoms with Crippen LogP contribution in [0.1, 0.15) is 12.8 Å². The molecule has 0 N–H and O–H groups in total. The molecule has 18 heavy (non-hydrogen) atoms. The number of ether oxygens (including phenoxy) is 2. The van der Waals surface area contributed by atoms with Gasteiger partial charge in [-0.05, 0) is 18.9 Å². The first-order valence-electron chi connectivity index (χ1n) is 6.27. The summed E-state index contributed by atoms with van der Waals surface area (Å²) in [5.74, 6) is 1.67. The Morgan fingerprint density at radius 2 is 2.17 bits per heavy atom. The fourth-order valence-corrected chi connectivity index (χ4v) is 2.34. The van der Waals surface area contributed by atoms with Crippen LogP contribution in [0.3, 0.4) is 0 Å². The minimum atomic E-state index is 0.393. The molecule has 2 heterocycles. The second-order valence-electron chi connectivity index (χ2n) is 4.28. The van der Waals surface area contributed by atoms with Crippen LogP contribution >= 0.6 is 15.9 Å². The van der Waals surface area contributed by atoms with Gasteiger partial charge in [0.2, 0.25) is 5.88 Å². The molecule has 4 nitrogen and oxygen atoms in total. The zero-order valence-corrected chi connectivity index (χ0v) is 12.2. The van der Waals surface area contributed by atoms with E-state index >= 15 is 0 Å². The molecule has 0 bridgehead atoms. The highest BCUT2D eigenvalue weighted by Crippen LogP contribution is 2.21. The molecule has 0 radical (unpaired) electrons. The van der Waals surface area contributed by atoms with Gasteiger partial charge in [0.25, 0.3) is 0 Å². The summed E-state index contributed by atoms with van der Waals surface area (Å²) in [5, 5.41) is 0.907. The number of anilines is 1. The Bertz CT molecular complexity index is 368. The molecular formula is C13H19BrN2O2. The minimum Gasteiger partial charge on any atom is -0.481 e. The highest BCUT2D eigenvalue weighted by Gasteiger charge is 2.20. The summed E-state index contributed by atoms with van der Waals surface area (Å²) < 4.78 is 10.9. The van der Waals surface area contributed by atoms with E-state index in [0.29, 0.717) is 12.0 Å². The van der Waals surface area contributed by atoms with Gasteiger partial charge in [-0.3, -0.25) is 0 Å². The van der Waals surface area contributed by atoms with Crippen molar-refractivity contribution in [3.8, 4) is 5.88 Å². The molecule has 1 fully saturated rings. The topological polar surface area (TPSA) is 34.6 Å². The number of pyridine rings is 1. The van der Waals surface area contributed by atoms with Crippen molar-refractivity contribution in [3.05, 3.63) is 18.2 Å². The van der Waals surface area contributed by atoms with Gasteiger partial charge in [0, 0.05) is 24.5 Å². The van der Waals surface area contributed by atoms with Crippen LogP contribution in [0.4, 0.5) is 5.82 Å². The maximum Gasteiger partial charge on any atom is 0.214 e. The highest BCUT2D eigenvalue weighted by atomic mass is 79.9. The largest absolute Gasteiger partial charge is 0.481 e. The molecule has 0 amide bonds. The van der Waals surface area contributed by atoms with E-state index in [0.717, 1.165) is 43.7 Å². The van der Waals surface area contributed by atoms with E-state index < -0.39 is 0 Å². The third kappa shape index (κ3) is 3.59. The molecule has 1 saturated heterocycles. The fraction of sp³-hybridized carbons (Fsp3) is 0.615. The lowest BCUT2D eigenvalue weighted by Gasteiger charge is -2.32. The van der Waals surface area contributed by atoms with Gasteiger partial charge in [-0.2, -0.15) is 4.98 Å². The number of hydrogen-bond acceptors (Lipinski definition) is 4. The van der Waals surface area contributed by atoms with Gasteiger partial charge < -0.3 is 14.4 Å². The lowest BCUT2D eigenvalue weighted by Crippen LogP contribution is -2.37. The average Bonchev–Trinajstić information content (AvgIpc) is 2.46. The maximum absolute atomic E-state index is 5.74. The van der Waals surface area contributed by atoms with Gasteiger partial charge in [-0.1, -0.05) is 22.0 Å². The normalized spacial score (nSPS) is 16.9. The average molecular weight is 315 g/mol. The van der Waals surface area contributed by atoms with E-state index in [1.54, 1.807) is 7.11 Å². The molecular weight excluding hydrogens is 296 g/mol. The number of alkyl halides is 1. The molecule has 2 rings (SSSR count). The van der Waals surface area contributed by atoms with E-state index in [-0.39, 0.29) is 0 Å². The zero-order chi connectivity index (χ0) is 12.8. The second kappa shape index (κ2) is 6.95. The number of halogens is 1. The van der Waals surface area contributed by atoms with Crippen LogP contribution in [0.15, 0.2) is 18.2 Å². The molecule has 100 valence electrons. The summed E-state index contributed by atoms with van der Waals surface area (Å²) in [4.78, 5) is 6.75. The predicted molar refractivity (Wildman–Crippen MR) is 75.8 cm³/mol. The van der Waals surface area contributed by atoms with E-state index in [2.05, 4.69) is 25.8 Å². The van der Waals surface area contributed by atoms with Crippen molar-refractivity contribution in [1.29, 1.82) is 0 Å². The molecule has 1 aromatic heterocycles. The Kier molecular flexibility index (Phi) is 5.26. The SMILES string of the molecule is COc1cccc(N2CCC(OCCBr)CC2)n1. The molecule has 1 aromatic rings. The van der Waals surface area contributed by atoms with E-state index in [9.17, 15) is 0 Å². The van der Waals surface area contributed by atoms with E-state index in [4.69, 9.17) is 9.47 Å². The molecule has 0 aromatic carbocycles. The molecule has 5 heteroatoms. The number of hydrogen-bond donors (Lipinski definition) is 0. The number of aromatic nitrogens is 1. The van der Waals surface area contributed by atoms with Crippen LogP contribution in [0.5, 0.6) is 5.88 Å². The van der Waals surface area contributed by atoms with Crippen molar-refractivity contribution < 1.29 is 9.47 Å². The molecule has 0 spiro atoms. The summed E-state index contributed by atoms with van der Waals surface area (Å²) >= 11 is 3.38. The Morgan fingerprint density at radius 1 is 1.39 bits per heavy atom. The summed E-state index contributed by atoms with van der Waals surface area (Å²) in [7, 11) is 1.65. The first-order valence-corrected chi connectivity index (χ1v) is 7.39. The Morgan fingerprint density at radius 3 is 2.83 bits per heavy atom. The highest BCUT2D eigenvalue weighted by molar-refractivity contribution is 9.09. The lowest BCUT2D eigenvalue weighted by atomic mass is 10.1. The molecule has 0 atom stereocenters. The Labute approximate surface area is 116 Å². The number of piperidine rings is 1. The van der Waals surface area contributed by atoms with Gasteiger partial charge in [0.15, 0.2) is 0 Å². The van der Waals surface area contributed by atoms with Crippen molar-refractivity contribution >= 4 is 21.7 Å². The lowest BCUT2D eigenvalue weighted by molar-refractivity contribution is 0.0480. The fourth-order valence-electron chi connectivity index (χ4n) is 2.16. The van der Waals surface area contributed by atoms with Crippen LogP contribution in [0.2, 0.25) is 0 Å². The quantitative estimate of drug-likeness (QED) is 0.782. The van der Waals surface area contributed by atoms with Gasteiger partial charge in [0.1, 0.15) is 5.82 Å². The number of rotatable bonds is 5. The standard InChI is InChI=1S/C13H19BrN2O2/c1-17-13-4-2-3-12(15-13)16-8-5-11(6-9-16)18-10-7-14/h2-4,11H,5-10H2,1H3. The van der Waals surface area contributed by atoms with Gasteiger partial charge in [-0.25, -0.2) is 0 Å². The Hall–Kier alpha value is -0.810. The van der Waals surface area contributed by atoms with Gasteiger partial charge >= 0.3 is 0 Å². The van der Waals surface area contributed by atoms with Crippen molar-refractivity contribution in [1.82, 2.24) is 4.98 Å². The van der Waals surface area contributed by atoms with E-state index in [1.165, 1.54) is 0 Å². The predicted octanol–water partition coefficient (Wildman–Crippen LogP) is 2.47. The van der Waals surface area contributed by atoms with Crippen molar-refractivity contribution in [2.45, 2.75) is 18.9 Å². The smallest absolute Gasteiger partial charge is 0.214 e. The molecule has 0 unspecified atom stereocenters. The van der Waals surface area contributed by atoms with Crippen LogP contribution in [0, 0.1) is 0 Å². The third-order valence-electron chi connectivity index (χ3n) is 3.11. The van der Waals surface area contributed by atoms with Crippen LogP contribution in [0.25, 0.3) is 0 Å². The molecule has 0 saturated carbocycles. The zero-order valence-electron chi connectivity index (χ0n) is 10.6.